The molecule has 0 saturated heterocycles. The molecule has 3 aromatic heterocycles. The smallest absolute Gasteiger partial charge is 0.280 e. The molecule has 3 heterocycles. The summed E-state index contributed by atoms with van der Waals surface area (Å²) in [4.78, 5) is 16.5. The van der Waals surface area contributed by atoms with E-state index < -0.39 is 10.0 Å². The third kappa shape index (κ3) is 5.14. The van der Waals surface area contributed by atoms with E-state index in [1.165, 1.54) is 18.9 Å². The van der Waals surface area contributed by atoms with Crippen molar-refractivity contribution in [3.8, 4) is 0 Å². The van der Waals surface area contributed by atoms with Crippen molar-refractivity contribution in [1.29, 1.82) is 0 Å². The summed E-state index contributed by atoms with van der Waals surface area (Å²) in [5, 5.41) is 6.26. The average molecular weight is 437 g/mol. The van der Waals surface area contributed by atoms with Crippen LogP contribution in [0.1, 0.15) is 5.56 Å². The Morgan fingerprint density at radius 1 is 0.839 bits per heavy atom. The maximum absolute atomic E-state index is 12.4. The molecule has 3 N–H and O–H groups in total. The normalized spacial score (nSPS) is 11.2. The van der Waals surface area contributed by atoms with Crippen LogP contribution in [-0.4, -0.2) is 32.9 Å². The van der Waals surface area contributed by atoms with Gasteiger partial charge in [-0.05, 0) is 48.9 Å². The molecule has 0 amide bonds. The fraction of sp³-hybridized carbons (Fsp3) is 0.100. The Labute approximate surface area is 179 Å². The predicted molar refractivity (Wildman–Crippen MR) is 118 cm³/mol. The first-order valence-electron chi connectivity index (χ1n) is 9.27. The first kappa shape index (κ1) is 20.3. The first-order valence-corrected chi connectivity index (χ1v) is 10.8. The Bertz CT molecular complexity index is 1300. The van der Waals surface area contributed by atoms with Crippen molar-refractivity contribution in [2.45, 2.75) is 11.9 Å². The van der Waals surface area contributed by atoms with Gasteiger partial charge in [-0.15, -0.1) is 0 Å². The largest absolute Gasteiger partial charge is 0.340 e. The van der Waals surface area contributed by atoms with Crippen LogP contribution < -0.4 is 15.4 Å². The topological polar surface area (TPSA) is 127 Å². The lowest BCUT2D eigenvalue weighted by Crippen LogP contribution is -2.13. The summed E-state index contributed by atoms with van der Waals surface area (Å²) in [6, 6.07) is 12.4. The van der Waals surface area contributed by atoms with Gasteiger partial charge in [-0.25, -0.2) is 19.9 Å². The van der Waals surface area contributed by atoms with Crippen molar-refractivity contribution in [3.63, 3.8) is 0 Å². The van der Waals surface area contributed by atoms with Gasteiger partial charge in [0.05, 0.1) is 6.33 Å². The molecule has 0 spiro atoms. The zero-order valence-corrected chi connectivity index (χ0v) is 17.6. The SMILES string of the molecule is Cc1ccnc(Nc2cc(Nc3ccc(NS(=O)(=O)c4cn(C)cn4)cc3)ncn2)c1. The summed E-state index contributed by atoms with van der Waals surface area (Å²) >= 11 is 0. The molecule has 0 saturated carbocycles. The highest BCUT2D eigenvalue weighted by Gasteiger charge is 2.17. The summed E-state index contributed by atoms with van der Waals surface area (Å²) < 4.78 is 28.8. The van der Waals surface area contributed by atoms with Crippen molar-refractivity contribution in [2.24, 2.45) is 7.05 Å². The van der Waals surface area contributed by atoms with Gasteiger partial charge < -0.3 is 15.2 Å². The van der Waals surface area contributed by atoms with Crippen molar-refractivity contribution < 1.29 is 8.42 Å². The molecule has 0 aliphatic carbocycles. The molecule has 158 valence electrons. The Morgan fingerprint density at radius 2 is 1.52 bits per heavy atom. The molecular formula is C20H20N8O2S. The van der Waals surface area contributed by atoms with Crippen LogP contribution in [0.2, 0.25) is 0 Å². The third-order valence-electron chi connectivity index (χ3n) is 4.20. The average Bonchev–Trinajstić information content (AvgIpc) is 3.17. The minimum atomic E-state index is -3.74. The van der Waals surface area contributed by atoms with Crippen LogP contribution in [-0.2, 0) is 17.1 Å². The molecule has 0 atom stereocenters. The quantitative estimate of drug-likeness (QED) is 0.403. The minimum Gasteiger partial charge on any atom is -0.340 e. The molecule has 4 aromatic rings. The summed E-state index contributed by atoms with van der Waals surface area (Å²) in [5.41, 5.74) is 2.24. The van der Waals surface area contributed by atoms with E-state index in [1.807, 2.05) is 19.1 Å². The van der Waals surface area contributed by atoms with E-state index in [0.717, 1.165) is 11.3 Å². The van der Waals surface area contributed by atoms with E-state index in [4.69, 9.17) is 0 Å². The number of rotatable bonds is 7. The Kier molecular flexibility index (Phi) is 5.50. The number of aryl methyl sites for hydroxylation is 2. The number of imidazole rings is 1. The van der Waals surface area contributed by atoms with Crippen LogP contribution in [0.25, 0.3) is 0 Å². The highest BCUT2D eigenvalue weighted by atomic mass is 32.2. The third-order valence-corrected chi connectivity index (χ3v) is 5.47. The maximum atomic E-state index is 12.4. The summed E-state index contributed by atoms with van der Waals surface area (Å²) in [7, 11) is -2.03. The first-order chi connectivity index (χ1) is 14.9. The van der Waals surface area contributed by atoms with Gasteiger partial charge in [0, 0.05) is 36.9 Å². The summed E-state index contributed by atoms with van der Waals surface area (Å²) in [6.45, 7) is 1.99. The molecule has 0 aliphatic rings. The molecule has 10 nitrogen and oxygen atoms in total. The van der Waals surface area contributed by atoms with Crippen molar-refractivity contribution in [3.05, 3.63) is 73.1 Å². The van der Waals surface area contributed by atoms with Gasteiger partial charge in [-0.1, -0.05) is 0 Å². The van der Waals surface area contributed by atoms with Crippen LogP contribution in [0.5, 0.6) is 0 Å². The lowest BCUT2D eigenvalue weighted by atomic mass is 10.3. The molecule has 0 fully saturated rings. The number of pyridine rings is 1. The van der Waals surface area contributed by atoms with Crippen molar-refractivity contribution in [2.75, 3.05) is 15.4 Å². The van der Waals surface area contributed by atoms with Gasteiger partial charge >= 0.3 is 0 Å². The van der Waals surface area contributed by atoms with Gasteiger partial charge in [0.25, 0.3) is 10.0 Å². The van der Waals surface area contributed by atoms with Gasteiger partial charge in [0.1, 0.15) is 23.8 Å². The molecule has 4 rings (SSSR count). The summed E-state index contributed by atoms with van der Waals surface area (Å²) in [6.07, 6.45) is 6.03. The number of aromatic nitrogens is 5. The lowest BCUT2D eigenvalue weighted by Gasteiger charge is -2.10. The molecule has 0 radical (unpaired) electrons. The maximum Gasteiger partial charge on any atom is 0.280 e. The van der Waals surface area contributed by atoms with E-state index in [0.29, 0.717) is 23.1 Å². The zero-order valence-electron chi connectivity index (χ0n) is 16.8. The Hall–Kier alpha value is -3.99. The highest BCUT2D eigenvalue weighted by molar-refractivity contribution is 7.92. The number of sulfonamides is 1. The number of nitrogens with zero attached hydrogens (tertiary/aromatic N) is 5. The molecule has 0 unspecified atom stereocenters. The van der Waals surface area contributed by atoms with E-state index in [9.17, 15) is 8.42 Å². The summed E-state index contributed by atoms with van der Waals surface area (Å²) in [5.74, 6) is 1.86. The van der Waals surface area contributed by atoms with E-state index in [1.54, 1.807) is 48.1 Å². The minimum absolute atomic E-state index is 0.0404. The molecule has 31 heavy (non-hydrogen) atoms. The van der Waals surface area contributed by atoms with Crippen molar-refractivity contribution >= 4 is 38.9 Å². The van der Waals surface area contributed by atoms with Gasteiger partial charge in [0.2, 0.25) is 0 Å². The second-order valence-corrected chi connectivity index (χ2v) is 8.45. The number of nitrogens with one attached hydrogen (secondary N) is 3. The number of benzene rings is 1. The van der Waals surface area contributed by atoms with Crippen LogP contribution in [0.4, 0.5) is 28.8 Å². The second kappa shape index (κ2) is 8.40. The fourth-order valence-electron chi connectivity index (χ4n) is 2.73. The van der Waals surface area contributed by atoms with E-state index >= 15 is 0 Å². The monoisotopic (exact) mass is 436 g/mol. The van der Waals surface area contributed by atoms with Crippen LogP contribution in [0.15, 0.2) is 72.5 Å². The molecule has 0 aliphatic heterocycles. The molecule has 11 heteroatoms. The standard InChI is InChI=1S/C20H20N8O2S/c1-14-7-8-21-17(9-14)26-19-10-18(22-12-23-19)25-15-3-5-16(6-4-15)27-31(29,30)20-11-28(2)13-24-20/h3-13,27H,1-2H3,(H2,21,22,23,25,26). The van der Waals surface area contributed by atoms with E-state index in [2.05, 4.69) is 35.3 Å². The van der Waals surface area contributed by atoms with Crippen LogP contribution >= 0.6 is 0 Å². The predicted octanol–water partition coefficient (Wildman–Crippen LogP) is 3.20. The second-order valence-electron chi connectivity index (χ2n) is 6.82. The molecule has 0 bridgehead atoms. The van der Waals surface area contributed by atoms with Crippen molar-refractivity contribution in [1.82, 2.24) is 24.5 Å². The van der Waals surface area contributed by atoms with Crippen LogP contribution in [0.3, 0.4) is 0 Å². The van der Waals surface area contributed by atoms with E-state index in [-0.39, 0.29) is 5.03 Å². The van der Waals surface area contributed by atoms with Gasteiger partial charge in [0.15, 0.2) is 5.03 Å². The Balaban J connectivity index is 1.43. The van der Waals surface area contributed by atoms with Crippen LogP contribution in [0, 0.1) is 6.92 Å². The highest BCUT2D eigenvalue weighted by Crippen LogP contribution is 2.21. The van der Waals surface area contributed by atoms with Gasteiger partial charge in [-0.2, -0.15) is 8.42 Å². The molecule has 1 aromatic carbocycles. The lowest BCUT2D eigenvalue weighted by molar-refractivity contribution is 0.598. The Morgan fingerprint density at radius 3 is 2.19 bits per heavy atom. The number of anilines is 5. The fourth-order valence-corrected chi connectivity index (χ4v) is 3.78. The zero-order chi connectivity index (χ0) is 21.8. The molecular weight excluding hydrogens is 416 g/mol. The number of hydrogen-bond acceptors (Lipinski definition) is 8. The number of hydrogen-bond donors (Lipinski definition) is 3. The van der Waals surface area contributed by atoms with Gasteiger partial charge in [-0.3, -0.25) is 4.72 Å².